The molecule has 15 nitrogen and oxygen atoms in total. The molecule has 2 aliphatic heterocycles. The third kappa shape index (κ3) is 8.09. The molecule has 1 saturated heterocycles. The highest BCUT2D eigenvalue weighted by Crippen LogP contribution is 2.48. The summed E-state index contributed by atoms with van der Waals surface area (Å²) >= 11 is 0. The zero-order valence-electron chi connectivity index (χ0n) is 31.2. The van der Waals surface area contributed by atoms with Crippen molar-refractivity contribution >= 4 is 44.9 Å². The van der Waals surface area contributed by atoms with Crippen molar-refractivity contribution in [3.05, 3.63) is 36.0 Å². The maximum atomic E-state index is 14.4. The van der Waals surface area contributed by atoms with E-state index >= 15 is 0 Å². The van der Waals surface area contributed by atoms with Gasteiger partial charge in [-0.2, -0.15) is 13.2 Å². The number of alkyl carbamates (subject to hydrolysis) is 1. The van der Waals surface area contributed by atoms with Gasteiger partial charge in [-0.25, -0.2) is 23.2 Å². The van der Waals surface area contributed by atoms with E-state index in [4.69, 9.17) is 14.2 Å². The van der Waals surface area contributed by atoms with E-state index in [9.17, 15) is 40.8 Å². The standard InChI is InChI=1S/C37H45F3N6O9S/c1-34(13-14-34)55-33(50)43-25-10-8-6-4-5-7-9-21-19-36(21,32(49)45-56(51,52)35(2)15-16-35)44-29(47)27-18-23(20-46(27)31(25)48)54-30-28(37(38,39)40)41-26-17-22(53-3)11-12-24(26)42-30/h7,9,11-12,17,21,23,25,27H,4-6,8,10,13-16,18-20H2,1-3H3,(H,43,50)(H,44,47)(H,45,49)/b9-7+/t21-,23-,25+,27+,36-/m1/s1. The lowest BCUT2D eigenvalue weighted by atomic mass is 10.0. The van der Waals surface area contributed by atoms with Crippen molar-refractivity contribution in [1.82, 2.24) is 30.2 Å². The molecule has 2 aromatic rings. The molecule has 0 bridgehead atoms. The van der Waals surface area contributed by atoms with E-state index in [-0.39, 0.29) is 36.0 Å². The van der Waals surface area contributed by atoms with Crippen LogP contribution in [0.4, 0.5) is 18.0 Å². The van der Waals surface area contributed by atoms with Crippen molar-refractivity contribution in [2.75, 3.05) is 13.7 Å². The Labute approximate surface area is 321 Å². The van der Waals surface area contributed by atoms with Gasteiger partial charge in [0.05, 0.1) is 29.4 Å². The first-order valence-electron chi connectivity index (χ1n) is 18.8. The number of fused-ring (bicyclic) bond motifs is 3. The smallest absolute Gasteiger partial charge is 0.438 e. The van der Waals surface area contributed by atoms with E-state index in [1.807, 2.05) is 6.08 Å². The van der Waals surface area contributed by atoms with Gasteiger partial charge in [0.15, 0.2) is 0 Å². The predicted molar refractivity (Wildman–Crippen MR) is 193 cm³/mol. The van der Waals surface area contributed by atoms with Crippen LogP contribution in [0.5, 0.6) is 11.6 Å². The number of sulfonamides is 1. The lowest BCUT2D eigenvalue weighted by molar-refractivity contribution is -0.143. The van der Waals surface area contributed by atoms with E-state index in [0.717, 1.165) is 4.90 Å². The first-order chi connectivity index (χ1) is 26.4. The molecule has 1 aromatic carbocycles. The number of amides is 4. The summed E-state index contributed by atoms with van der Waals surface area (Å²) in [7, 11) is -2.73. The van der Waals surface area contributed by atoms with Crippen LogP contribution in [-0.4, -0.2) is 94.8 Å². The minimum atomic E-state index is -5.00. The highest BCUT2D eigenvalue weighted by Gasteiger charge is 2.63. The molecule has 0 unspecified atom stereocenters. The minimum Gasteiger partial charge on any atom is -0.497 e. The number of nitrogens with zero attached hydrogens (tertiary/aromatic N) is 3. The maximum absolute atomic E-state index is 14.4. The Morgan fingerprint density at radius 3 is 2.46 bits per heavy atom. The number of halogens is 3. The lowest BCUT2D eigenvalue weighted by Gasteiger charge is -2.30. The van der Waals surface area contributed by atoms with Crippen LogP contribution in [0.2, 0.25) is 0 Å². The summed E-state index contributed by atoms with van der Waals surface area (Å²) in [4.78, 5) is 64.6. The first-order valence-corrected chi connectivity index (χ1v) is 20.3. The molecule has 3 saturated carbocycles. The number of allylic oxidation sites excluding steroid dienone is 1. The third-order valence-corrected chi connectivity index (χ3v) is 13.6. The number of benzene rings is 1. The van der Waals surface area contributed by atoms with E-state index in [1.165, 1.54) is 32.2 Å². The van der Waals surface area contributed by atoms with E-state index in [0.29, 0.717) is 51.4 Å². The molecule has 0 spiro atoms. The second-order valence-corrected chi connectivity index (χ2v) is 18.2. The maximum Gasteiger partial charge on any atom is 0.438 e. The molecule has 0 radical (unpaired) electrons. The lowest BCUT2D eigenvalue weighted by Crippen LogP contribution is -2.58. The average molecular weight is 807 g/mol. The zero-order chi connectivity index (χ0) is 40.3. The van der Waals surface area contributed by atoms with E-state index in [1.54, 1.807) is 13.0 Å². The second kappa shape index (κ2) is 14.4. The highest BCUT2D eigenvalue weighted by molar-refractivity contribution is 7.91. The van der Waals surface area contributed by atoms with Crippen molar-refractivity contribution in [1.29, 1.82) is 0 Å². The summed E-state index contributed by atoms with van der Waals surface area (Å²) < 4.78 is 87.0. The van der Waals surface area contributed by atoms with Crippen LogP contribution >= 0.6 is 0 Å². The van der Waals surface area contributed by atoms with Gasteiger partial charge in [0.25, 0.3) is 5.91 Å². The third-order valence-electron chi connectivity index (χ3n) is 11.4. The number of carbonyl (C=O) groups is 4. The number of carbonyl (C=O) groups excluding carboxylic acids is 4. The van der Waals surface area contributed by atoms with Gasteiger partial charge in [0.1, 0.15) is 35.1 Å². The number of alkyl halides is 3. The van der Waals surface area contributed by atoms with Gasteiger partial charge in [-0.1, -0.05) is 25.0 Å². The summed E-state index contributed by atoms with van der Waals surface area (Å²) in [6, 6.07) is 1.62. The largest absolute Gasteiger partial charge is 0.497 e. The van der Waals surface area contributed by atoms with Crippen molar-refractivity contribution in [3.8, 4) is 11.6 Å². The first kappa shape index (κ1) is 39.6. The van der Waals surface area contributed by atoms with Crippen LogP contribution in [0.15, 0.2) is 30.4 Å². The van der Waals surface area contributed by atoms with Crippen LogP contribution in [0.1, 0.15) is 90.2 Å². The Bertz CT molecular complexity index is 2070. The molecule has 3 heterocycles. The molecule has 3 N–H and O–H groups in total. The molecular formula is C37H45F3N6O9S. The van der Waals surface area contributed by atoms with Gasteiger partial charge in [-0.3, -0.25) is 19.1 Å². The summed E-state index contributed by atoms with van der Waals surface area (Å²) in [5.74, 6) is -3.64. The fourth-order valence-corrected chi connectivity index (χ4v) is 8.50. The average Bonchev–Trinajstić information content (AvgIpc) is 4.09. The second-order valence-electron chi connectivity index (χ2n) is 16.0. The molecule has 4 fully saturated rings. The van der Waals surface area contributed by atoms with E-state index in [2.05, 4.69) is 25.3 Å². The molecule has 304 valence electrons. The van der Waals surface area contributed by atoms with Gasteiger partial charge < -0.3 is 29.7 Å². The molecule has 19 heteroatoms. The Morgan fingerprint density at radius 2 is 1.79 bits per heavy atom. The van der Waals surface area contributed by atoms with Gasteiger partial charge in [0.2, 0.25) is 33.4 Å². The quantitative estimate of drug-likeness (QED) is 0.326. The zero-order valence-corrected chi connectivity index (χ0v) is 32.1. The molecular weight excluding hydrogens is 762 g/mol. The van der Waals surface area contributed by atoms with Crippen molar-refractivity contribution < 1.29 is 55.0 Å². The summed E-state index contributed by atoms with van der Waals surface area (Å²) in [6.07, 6.45) is 1.02. The minimum absolute atomic E-state index is 0.0680. The van der Waals surface area contributed by atoms with Crippen LogP contribution in [0.3, 0.4) is 0 Å². The van der Waals surface area contributed by atoms with E-state index < -0.39 is 98.1 Å². The molecule has 3 aliphatic carbocycles. The Hall–Kier alpha value is -4.68. The summed E-state index contributed by atoms with van der Waals surface area (Å²) in [5, 5.41) is 5.37. The number of rotatable bonds is 8. The van der Waals surface area contributed by atoms with Crippen molar-refractivity contribution in [3.63, 3.8) is 0 Å². The Balaban J connectivity index is 1.21. The number of methoxy groups -OCH3 is 1. The normalized spacial score (nSPS) is 29.0. The number of hydrogen-bond donors (Lipinski definition) is 3. The van der Waals surface area contributed by atoms with Crippen molar-refractivity contribution in [2.24, 2.45) is 5.92 Å². The number of nitrogens with one attached hydrogen (secondary N) is 3. The summed E-state index contributed by atoms with van der Waals surface area (Å²) in [6.45, 7) is 2.89. The van der Waals surface area contributed by atoms with Crippen LogP contribution < -0.4 is 24.8 Å². The Kier molecular flexibility index (Phi) is 10.1. The number of aromatic nitrogens is 2. The number of hydrogen-bond acceptors (Lipinski definition) is 11. The fourth-order valence-electron chi connectivity index (χ4n) is 7.19. The van der Waals surface area contributed by atoms with Gasteiger partial charge in [0, 0.05) is 18.4 Å². The summed E-state index contributed by atoms with van der Waals surface area (Å²) in [5.41, 5.74) is -3.79. The van der Waals surface area contributed by atoms with Crippen LogP contribution in [0.25, 0.3) is 11.0 Å². The van der Waals surface area contributed by atoms with Gasteiger partial charge in [-0.05, 0) is 77.3 Å². The van der Waals surface area contributed by atoms with Crippen molar-refractivity contribution in [2.45, 2.75) is 125 Å². The van der Waals surface area contributed by atoms with Gasteiger partial charge >= 0.3 is 12.3 Å². The number of ether oxygens (including phenoxy) is 3. The van der Waals surface area contributed by atoms with Gasteiger partial charge in [-0.15, -0.1) is 0 Å². The molecule has 5 aliphatic rings. The molecule has 5 atom stereocenters. The topological polar surface area (TPSA) is 195 Å². The monoisotopic (exact) mass is 806 g/mol. The SMILES string of the molecule is COc1ccc2nc(O[C@@H]3C[C@H]4C(=O)N[C@]5(C(=O)NS(=O)(=O)C6(C)CC6)C[C@H]5/C=C/CCCCC[C@H](NC(=O)OC5(C)CC5)C(=O)N4C3)c(C(F)(F)F)nc2c1. The molecule has 1 aromatic heterocycles. The fraction of sp³-hybridized carbons (Fsp3) is 0.622. The predicted octanol–water partition coefficient (Wildman–Crippen LogP) is 4.05. The molecule has 4 amide bonds. The molecule has 56 heavy (non-hydrogen) atoms. The van der Waals surface area contributed by atoms with Crippen LogP contribution in [0, 0.1) is 5.92 Å². The van der Waals surface area contributed by atoms with Crippen LogP contribution in [-0.2, 0) is 35.3 Å². The highest BCUT2D eigenvalue weighted by atomic mass is 32.2. The molecule has 7 rings (SSSR count). The Morgan fingerprint density at radius 1 is 1.04 bits per heavy atom.